The number of aromatic nitrogens is 3. The summed E-state index contributed by atoms with van der Waals surface area (Å²) >= 11 is 2.93. The second-order valence-corrected chi connectivity index (χ2v) is 9.54. The lowest BCUT2D eigenvalue weighted by molar-refractivity contribution is -0.129. The lowest BCUT2D eigenvalue weighted by atomic mass is 9.99. The third kappa shape index (κ3) is 4.87. The molecule has 0 aliphatic carbocycles. The first-order valence-corrected chi connectivity index (χ1v) is 11.8. The Morgan fingerprint density at radius 3 is 2.57 bits per heavy atom. The maximum atomic E-state index is 13.2. The highest BCUT2D eigenvalue weighted by Crippen LogP contribution is 2.34. The molecule has 1 aliphatic heterocycles. The summed E-state index contributed by atoms with van der Waals surface area (Å²) in [5.74, 6) is 0.995. The minimum Gasteiger partial charge on any atom is -0.342 e. The molecule has 1 saturated heterocycles. The Morgan fingerprint density at radius 1 is 1.17 bits per heavy atom. The zero-order valence-electron chi connectivity index (χ0n) is 17.0. The normalized spacial score (nSPS) is 14.8. The number of carbonyl (C=O) groups is 1. The average molecular weight is 443 g/mol. The summed E-state index contributed by atoms with van der Waals surface area (Å²) in [6, 6.07) is 10.1. The maximum Gasteiger partial charge on any atom is 0.232 e. The molecule has 156 valence electrons. The van der Waals surface area contributed by atoms with Gasteiger partial charge in [-0.3, -0.25) is 4.79 Å². The second-order valence-electron chi connectivity index (χ2n) is 7.55. The Morgan fingerprint density at radius 2 is 1.90 bits per heavy atom. The maximum absolute atomic E-state index is 13.2. The van der Waals surface area contributed by atoms with Crippen LogP contribution in [0.5, 0.6) is 0 Å². The van der Waals surface area contributed by atoms with Crippen molar-refractivity contribution >= 4 is 29.0 Å². The number of aryl methyl sites for hydroxylation is 1. The molecule has 5 nitrogen and oxygen atoms in total. The van der Waals surface area contributed by atoms with E-state index in [1.807, 2.05) is 24.0 Å². The number of nitrogens with zero attached hydrogens (tertiary/aromatic N) is 4. The summed E-state index contributed by atoms with van der Waals surface area (Å²) in [4.78, 5) is 19.9. The lowest BCUT2D eigenvalue weighted by Gasteiger charge is -2.30. The predicted molar refractivity (Wildman–Crippen MR) is 119 cm³/mol. The van der Waals surface area contributed by atoms with Crippen LogP contribution in [0, 0.1) is 18.7 Å². The third-order valence-corrected chi connectivity index (χ3v) is 7.37. The number of rotatable bonds is 5. The predicted octanol–water partition coefficient (Wildman–Crippen LogP) is 5.07. The van der Waals surface area contributed by atoms with Gasteiger partial charge in [-0.05, 0) is 62.1 Å². The molecule has 8 heteroatoms. The molecule has 3 aromatic rings. The standard InChI is InChI=1S/C22H23FN4OS2/c1-14-9-11-27(12-10-14)20(28)13-29-19-8-7-18(25-26-19)21-15(2)24-22(30-21)16-3-5-17(23)6-4-16/h3-8,14H,9-13H2,1-2H3. The number of thioether (sulfide) groups is 1. The van der Waals surface area contributed by atoms with E-state index < -0.39 is 0 Å². The van der Waals surface area contributed by atoms with Crippen molar-refractivity contribution in [3.63, 3.8) is 0 Å². The Bertz CT molecular complexity index is 1010. The van der Waals surface area contributed by atoms with Gasteiger partial charge in [0.2, 0.25) is 5.91 Å². The highest BCUT2D eigenvalue weighted by atomic mass is 32.2. The smallest absolute Gasteiger partial charge is 0.232 e. The molecular formula is C22H23FN4OS2. The molecule has 0 saturated carbocycles. The lowest BCUT2D eigenvalue weighted by Crippen LogP contribution is -2.38. The average Bonchev–Trinajstić information content (AvgIpc) is 3.15. The Hall–Kier alpha value is -2.32. The van der Waals surface area contributed by atoms with Crippen LogP contribution in [0.3, 0.4) is 0 Å². The molecule has 1 aromatic carbocycles. The second kappa shape index (κ2) is 9.22. The van der Waals surface area contributed by atoms with E-state index in [4.69, 9.17) is 0 Å². The zero-order valence-corrected chi connectivity index (χ0v) is 18.6. The van der Waals surface area contributed by atoms with Gasteiger partial charge in [0.05, 0.1) is 16.3 Å². The van der Waals surface area contributed by atoms with E-state index in [1.54, 1.807) is 12.1 Å². The molecule has 4 rings (SSSR count). The van der Waals surface area contributed by atoms with E-state index in [0.29, 0.717) is 11.7 Å². The van der Waals surface area contributed by atoms with Gasteiger partial charge >= 0.3 is 0 Å². The SMILES string of the molecule is Cc1nc(-c2ccc(F)cc2)sc1-c1ccc(SCC(=O)N2CCC(C)CC2)nn1. The number of piperidine rings is 1. The number of carbonyl (C=O) groups excluding carboxylic acids is 1. The molecule has 0 N–H and O–H groups in total. The van der Waals surface area contributed by atoms with Crippen molar-refractivity contribution in [3.8, 4) is 21.1 Å². The summed E-state index contributed by atoms with van der Waals surface area (Å²) in [7, 11) is 0. The molecule has 0 atom stereocenters. The van der Waals surface area contributed by atoms with Crippen molar-refractivity contribution in [2.45, 2.75) is 31.7 Å². The molecule has 1 amide bonds. The highest BCUT2D eigenvalue weighted by molar-refractivity contribution is 7.99. The molecule has 0 spiro atoms. The first kappa shape index (κ1) is 20.9. The number of halogens is 1. The number of benzene rings is 1. The van der Waals surface area contributed by atoms with Gasteiger partial charge in [-0.2, -0.15) is 0 Å². The summed E-state index contributed by atoms with van der Waals surface area (Å²) in [6.45, 7) is 5.88. The van der Waals surface area contributed by atoms with Gasteiger partial charge in [0.25, 0.3) is 0 Å². The topological polar surface area (TPSA) is 59.0 Å². The van der Waals surface area contributed by atoms with E-state index >= 15 is 0 Å². The van der Waals surface area contributed by atoms with Crippen LogP contribution >= 0.6 is 23.1 Å². The van der Waals surface area contributed by atoms with Crippen LogP contribution in [0.25, 0.3) is 21.1 Å². The van der Waals surface area contributed by atoms with E-state index in [0.717, 1.165) is 57.8 Å². The molecule has 1 fully saturated rings. The molecule has 3 heterocycles. The van der Waals surface area contributed by atoms with Crippen LogP contribution in [0.1, 0.15) is 25.5 Å². The van der Waals surface area contributed by atoms with Crippen LogP contribution in [0.15, 0.2) is 41.4 Å². The van der Waals surface area contributed by atoms with Gasteiger partial charge < -0.3 is 4.90 Å². The monoisotopic (exact) mass is 442 g/mol. The Kier molecular flexibility index (Phi) is 6.43. The minimum absolute atomic E-state index is 0.167. The molecule has 0 unspecified atom stereocenters. The van der Waals surface area contributed by atoms with Gasteiger partial charge in [-0.1, -0.05) is 18.7 Å². The first-order valence-electron chi connectivity index (χ1n) is 9.97. The van der Waals surface area contributed by atoms with Crippen molar-refractivity contribution in [1.82, 2.24) is 20.1 Å². The molecule has 30 heavy (non-hydrogen) atoms. The van der Waals surface area contributed by atoms with Crippen molar-refractivity contribution in [1.29, 1.82) is 0 Å². The van der Waals surface area contributed by atoms with Gasteiger partial charge in [0.15, 0.2) is 0 Å². The van der Waals surface area contributed by atoms with Gasteiger partial charge in [0.1, 0.15) is 21.5 Å². The number of amides is 1. The van der Waals surface area contributed by atoms with E-state index in [9.17, 15) is 9.18 Å². The Labute approximate surface area is 183 Å². The highest BCUT2D eigenvalue weighted by Gasteiger charge is 2.20. The molecule has 0 bridgehead atoms. The van der Waals surface area contributed by atoms with Crippen LogP contribution in [0.4, 0.5) is 4.39 Å². The van der Waals surface area contributed by atoms with Gasteiger partial charge in [0, 0.05) is 18.7 Å². The summed E-state index contributed by atoms with van der Waals surface area (Å²) in [5.41, 5.74) is 2.49. The van der Waals surface area contributed by atoms with Crippen molar-refractivity contribution in [2.24, 2.45) is 5.92 Å². The fourth-order valence-corrected chi connectivity index (χ4v) is 5.11. The van der Waals surface area contributed by atoms with Crippen molar-refractivity contribution in [2.75, 3.05) is 18.8 Å². The summed E-state index contributed by atoms with van der Waals surface area (Å²) in [5, 5.41) is 10.2. The van der Waals surface area contributed by atoms with Crippen molar-refractivity contribution in [3.05, 3.63) is 47.9 Å². The van der Waals surface area contributed by atoms with Crippen LogP contribution in [-0.4, -0.2) is 44.8 Å². The zero-order chi connectivity index (χ0) is 21.1. The van der Waals surface area contributed by atoms with Crippen LogP contribution in [-0.2, 0) is 4.79 Å². The van der Waals surface area contributed by atoms with Gasteiger partial charge in [-0.25, -0.2) is 9.37 Å². The molecule has 1 aliphatic rings. The molecule has 2 aromatic heterocycles. The van der Waals surface area contributed by atoms with E-state index in [-0.39, 0.29) is 11.7 Å². The number of hydrogen-bond acceptors (Lipinski definition) is 6. The largest absolute Gasteiger partial charge is 0.342 e. The molecule has 0 radical (unpaired) electrons. The van der Waals surface area contributed by atoms with E-state index in [1.165, 1.54) is 35.2 Å². The van der Waals surface area contributed by atoms with Crippen LogP contribution in [0.2, 0.25) is 0 Å². The third-order valence-electron chi connectivity index (χ3n) is 5.24. The van der Waals surface area contributed by atoms with Crippen molar-refractivity contribution < 1.29 is 9.18 Å². The van der Waals surface area contributed by atoms with Crippen LogP contribution < -0.4 is 0 Å². The quantitative estimate of drug-likeness (QED) is 0.517. The Balaban J connectivity index is 1.40. The van der Waals surface area contributed by atoms with Gasteiger partial charge in [-0.15, -0.1) is 21.5 Å². The first-order chi connectivity index (χ1) is 14.5. The fourth-order valence-electron chi connectivity index (χ4n) is 3.35. The summed E-state index contributed by atoms with van der Waals surface area (Å²) in [6.07, 6.45) is 2.16. The number of hydrogen-bond donors (Lipinski definition) is 0. The number of thiazole rings is 1. The fraction of sp³-hybridized carbons (Fsp3) is 0.364. The molecular weight excluding hydrogens is 419 g/mol. The minimum atomic E-state index is -0.264. The number of likely N-dealkylation sites (tertiary alicyclic amines) is 1. The van der Waals surface area contributed by atoms with E-state index in [2.05, 4.69) is 22.1 Å². The summed E-state index contributed by atoms with van der Waals surface area (Å²) < 4.78 is 13.2.